The van der Waals surface area contributed by atoms with Crippen LogP contribution >= 0.6 is 11.6 Å². The molecule has 1 radical (unpaired) electrons. The minimum absolute atomic E-state index is 0.696. The molecule has 2 heterocycles. The molecule has 0 atom stereocenters. The molecule has 2 aromatic heterocycles. The first-order valence-electron chi connectivity index (χ1n) is 2.86. The van der Waals surface area contributed by atoms with Crippen molar-refractivity contribution < 1.29 is 0 Å². The molecule has 0 saturated heterocycles. The number of imidazole rings is 1. The van der Waals surface area contributed by atoms with Gasteiger partial charge in [0, 0.05) is 6.20 Å². The van der Waals surface area contributed by atoms with Crippen LogP contribution in [0.3, 0.4) is 0 Å². The summed E-state index contributed by atoms with van der Waals surface area (Å²) in [6.45, 7) is 0. The predicted molar refractivity (Wildman–Crippen MR) is 39.0 cm³/mol. The van der Waals surface area contributed by atoms with Gasteiger partial charge in [-0.3, -0.25) is 4.40 Å². The zero-order valence-electron chi connectivity index (χ0n) is 5.08. The fourth-order valence-electron chi connectivity index (χ4n) is 0.833. The van der Waals surface area contributed by atoms with Crippen LogP contribution in [0.15, 0.2) is 24.5 Å². The quantitative estimate of drug-likeness (QED) is 0.561. The third kappa shape index (κ3) is 0.772. The summed E-state index contributed by atoms with van der Waals surface area (Å²) in [4.78, 5) is 4.01. The molecule has 0 aliphatic heterocycles. The van der Waals surface area contributed by atoms with Gasteiger partial charge in [0.2, 0.25) is 0 Å². The van der Waals surface area contributed by atoms with Crippen molar-refractivity contribution in [2.75, 3.05) is 0 Å². The highest BCUT2D eigenvalue weighted by Gasteiger charge is 1.92. The van der Waals surface area contributed by atoms with Gasteiger partial charge in [0.1, 0.15) is 5.65 Å². The van der Waals surface area contributed by atoms with Crippen LogP contribution in [0.4, 0.5) is 0 Å². The van der Waals surface area contributed by atoms with E-state index in [-0.39, 0.29) is 0 Å². The maximum Gasteiger partial charge on any atom is 0.137 e. The Morgan fingerprint density at radius 1 is 1.50 bits per heavy atom. The summed E-state index contributed by atoms with van der Waals surface area (Å²) < 4.78 is 1.75. The van der Waals surface area contributed by atoms with E-state index >= 15 is 0 Å². The molecule has 2 aromatic rings. The molecule has 0 aliphatic carbocycles. The van der Waals surface area contributed by atoms with Crippen molar-refractivity contribution in [1.29, 1.82) is 0 Å². The Labute approximate surface area is 63.1 Å². The molecular weight excluding hydrogens is 148 g/mol. The van der Waals surface area contributed by atoms with Crippen molar-refractivity contribution in [2.24, 2.45) is 0 Å². The summed E-state index contributed by atoms with van der Waals surface area (Å²) in [5, 5.41) is 0.696. The van der Waals surface area contributed by atoms with Gasteiger partial charge in [-0.15, -0.1) is 0 Å². The Hall–Kier alpha value is -1.02. The Morgan fingerprint density at radius 3 is 3.30 bits per heavy atom. The van der Waals surface area contributed by atoms with Crippen LogP contribution in [-0.4, -0.2) is 9.38 Å². The average Bonchev–Trinajstić information content (AvgIpc) is 2.33. The molecule has 49 valence electrons. The Morgan fingerprint density at radius 2 is 2.40 bits per heavy atom. The molecule has 0 bridgehead atoms. The van der Waals surface area contributed by atoms with Crippen molar-refractivity contribution in [1.82, 2.24) is 9.38 Å². The third-order valence-corrected chi connectivity index (χ3v) is 1.51. The number of nitrogens with zero attached hydrogens (tertiary/aromatic N) is 2. The molecule has 0 aliphatic rings. The van der Waals surface area contributed by atoms with Crippen LogP contribution in [0.25, 0.3) is 5.65 Å². The van der Waals surface area contributed by atoms with Crippen molar-refractivity contribution >= 4 is 17.2 Å². The molecule has 0 fully saturated rings. The highest BCUT2D eigenvalue weighted by molar-refractivity contribution is 6.30. The molecule has 0 N–H and O–H groups in total. The normalized spacial score (nSPS) is 10.5. The molecule has 0 saturated carbocycles. The summed E-state index contributed by atoms with van der Waals surface area (Å²) in [6.07, 6.45) is 6.27. The van der Waals surface area contributed by atoms with Crippen LogP contribution in [-0.2, 0) is 0 Å². The van der Waals surface area contributed by atoms with E-state index in [2.05, 4.69) is 11.2 Å². The smallest absolute Gasteiger partial charge is 0.137 e. The lowest BCUT2D eigenvalue weighted by atomic mass is 10.5. The van der Waals surface area contributed by atoms with Crippen LogP contribution in [0.1, 0.15) is 0 Å². The summed E-state index contributed by atoms with van der Waals surface area (Å²) in [5.74, 6) is 0. The van der Waals surface area contributed by atoms with Crippen molar-refractivity contribution in [2.45, 2.75) is 0 Å². The highest BCUT2D eigenvalue weighted by Crippen LogP contribution is 2.08. The zero-order chi connectivity index (χ0) is 6.97. The monoisotopic (exact) mass is 151 g/mol. The molecule has 0 aromatic carbocycles. The Balaban J connectivity index is 2.86. The van der Waals surface area contributed by atoms with Gasteiger partial charge in [-0.05, 0) is 12.1 Å². The van der Waals surface area contributed by atoms with E-state index in [1.54, 1.807) is 22.9 Å². The second-order valence-electron chi connectivity index (χ2n) is 1.96. The Bertz CT molecular complexity index is 353. The number of hydrogen-bond acceptors (Lipinski definition) is 1. The molecule has 0 amide bonds. The van der Waals surface area contributed by atoms with E-state index in [1.165, 1.54) is 0 Å². The first kappa shape index (κ1) is 5.74. The molecule has 2 rings (SSSR count). The molecule has 0 unspecified atom stereocenters. The zero-order valence-corrected chi connectivity index (χ0v) is 5.84. The van der Waals surface area contributed by atoms with Crippen LogP contribution in [0, 0.1) is 6.20 Å². The maximum atomic E-state index is 5.71. The van der Waals surface area contributed by atoms with Gasteiger partial charge >= 0.3 is 0 Å². The van der Waals surface area contributed by atoms with Gasteiger partial charge in [0.25, 0.3) is 0 Å². The number of pyridine rings is 1. The highest BCUT2D eigenvalue weighted by atomic mass is 35.5. The first-order chi connectivity index (χ1) is 4.86. The van der Waals surface area contributed by atoms with Gasteiger partial charge in [-0.1, -0.05) is 11.6 Å². The summed E-state index contributed by atoms with van der Waals surface area (Å²) in [6, 6.07) is 3.65. The molecule has 10 heavy (non-hydrogen) atoms. The second-order valence-corrected chi connectivity index (χ2v) is 2.40. The second kappa shape index (κ2) is 1.99. The number of aromatic nitrogens is 2. The van der Waals surface area contributed by atoms with E-state index < -0.39 is 0 Å². The topological polar surface area (TPSA) is 17.3 Å². The van der Waals surface area contributed by atoms with E-state index in [0.29, 0.717) is 5.02 Å². The fourth-order valence-corrected chi connectivity index (χ4v) is 0.993. The molecule has 0 spiro atoms. The van der Waals surface area contributed by atoms with E-state index in [0.717, 1.165) is 5.65 Å². The lowest BCUT2D eigenvalue weighted by Gasteiger charge is -1.90. The van der Waals surface area contributed by atoms with E-state index in [1.807, 2.05) is 6.07 Å². The van der Waals surface area contributed by atoms with Crippen LogP contribution < -0.4 is 0 Å². The fraction of sp³-hybridized carbons (Fsp3) is 0. The lowest BCUT2D eigenvalue weighted by molar-refractivity contribution is 1.18. The number of halogens is 1. The lowest BCUT2D eigenvalue weighted by Crippen LogP contribution is -1.80. The summed E-state index contributed by atoms with van der Waals surface area (Å²) in [5.41, 5.74) is 0.865. The van der Waals surface area contributed by atoms with E-state index in [9.17, 15) is 0 Å². The van der Waals surface area contributed by atoms with Gasteiger partial charge in [-0.2, -0.15) is 0 Å². The minimum atomic E-state index is 0.696. The first-order valence-corrected chi connectivity index (χ1v) is 3.24. The van der Waals surface area contributed by atoms with Crippen molar-refractivity contribution in [3.63, 3.8) is 0 Å². The SMILES string of the molecule is Clc1ccc2nc[c]n2c1. The summed E-state index contributed by atoms with van der Waals surface area (Å²) in [7, 11) is 0. The average molecular weight is 152 g/mol. The van der Waals surface area contributed by atoms with E-state index in [4.69, 9.17) is 11.6 Å². The molecular formula is C7H4ClN2. The number of fused-ring (bicyclic) bond motifs is 1. The van der Waals surface area contributed by atoms with Gasteiger partial charge in [-0.25, -0.2) is 4.98 Å². The molecule has 2 nitrogen and oxygen atoms in total. The molecule has 3 heteroatoms. The predicted octanol–water partition coefficient (Wildman–Crippen LogP) is 1.79. The van der Waals surface area contributed by atoms with Crippen LogP contribution in [0.5, 0.6) is 0 Å². The van der Waals surface area contributed by atoms with Gasteiger partial charge < -0.3 is 0 Å². The van der Waals surface area contributed by atoms with Crippen LogP contribution in [0.2, 0.25) is 5.02 Å². The van der Waals surface area contributed by atoms with Gasteiger partial charge in [0.05, 0.1) is 17.4 Å². The standard InChI is InChI=1S/C7H4ClN2/c8-6-1-2-7-9-3-4-10(7)5-6/h1-3,5H. The van der Waals surface area contributed by atoms with Crippen molar-refractivity contribution in [3.05, 3.63) is 35.7 Å². The number of hydrogen-bond donors (Lipinski definition) is 0. The Kier molecular flexibility index (Phi) is 1.14. The maximum absolute atomic E-state index is 5.71. The minimum Gasteiger partial charge on any atom is -0.297 e. The number of rotatable bonds is 0. The largest absolute Gasteiger partial charge is 0.297 e. The van der Waals surface area contributed by atoms with Crippen molar-refractivity contribution in [3.8, 4) is 0 Å². The third-order valence-electron chi connectivity index (χ3n) is 1.28. The van der Waals surface area contributed by atoms with Gasteiger partial charge in [0.15, 0.2) is 0 Å². The summed E-state index contributed by atoms with van der Waals surface area (Å²) >= 11 is 5.71.